The monoisotopic (exact) mass is 598 g/mol. The molecule has 196 valence electrons. The van der Waals surface area contributed by atoms with E-state index < -0.39 is 50.9 Å². The zero-order valence-corrected chi connectivity index (χ0v) is 23.1. The van der Waals surface area contributed by atoms with E-state index in [0.29, 0.717) is 0 Å². The standard InChI is InChI=1S/2C7H5F3O.2C7H9.Zr/c2*8-7(9,10)5-1-3-6(11)4-2-5;2*1-6-3-4-7(2)5-6;/h2*1-4,11H;2*3-5H,1-2H3;/q;;;;+2/p-2. The second kappa shape index (κ2) is 9.34. The molecule has 2 nitrogen and oxygen atoms in total. The van der Waals surface area contributed by atoms with Crippen LogP contribution in [0, 0.1) is 0 Å². The summed E-state index contributed by atoms with van der Waals surface area (Å²) in [4.78, 5) is 0. The van der Waals surface area contributed by atoms with Crippen molar-refractivity contribution in [3.8, 4) is 11.5 Å². The third kappa shape index (κ3) is 5.25. The molecule has 0 bridgehead atoms. The molecule has 2 unspecified atom stereocenters. The molecule has 2 aliphatic carbocycles. The molecule has 2 aliphatic rings. The molecular formula is C28H26F6O2Zr. The van der Waals surface area contributed by atoms with Crippen LogP contribution in [0.15, 0.2) is 96.1 Å². The zero-order chi connectivity index (χ0) is 27.3. The van der Waals surface area contributed by atoms with Crippen LogP contribution in [-0.2, 0) is 33.5 Å². The van der Waals surface area contributed by atoms with Gasteiger partial charge in [-0.2, -0.15) is 0 Å². The van der Waals surface area contributed by atoms with Crippen LogP contribution in [0.2, 0.25) is 6.25 Å². The van der Waals surface area contributed by atoms with E-state index in [1.807, 2.05) is 64.2 Å². The molecule has 4 rings (SSSR count). The molecule has 2 aromatic rings. The molecule has 0 saturated heterocycles. The topological polar surface area (TPSA) is 18.5 Å². The Morgan fingerprint density at radius 2 is 0.919 bits per heavy atom. The summed E-state index contributed by atoms with van der Waals surface area (Å²) in [5.74, 6) is 0.409. The number of hydrogen-bond donors (Lipinski definition) is 0. The average Bonchev–Trinajstić information content (AvgIpc) is 3.34. The van der Waals surface area contributed by atoms with Gasteiger partial charge >= 0.3 is 218 Å². The Hall–Kier alpha value is -2.54. The zero-order valence-electron chi connectivity index (χ0n) is 20.7. The van der Waals surface area contributed by atoms with E-state index in [4.69, 9.17) is 5.63 Å². The van der Waals surface area contributed by atoms with E-state index in [9.17, 15) is 26.3 Å². The van der Waals surface area contributed by atoms with Crippen molar-refractivity contribution in [2.24, 2.45) is 0 Å². The van der Waals surface area contributed by atoms with Crippen molar-refractivity contribution in [2.45, 2.75) is 46.3 Å². The Morgan fingerprint density at radius 3 is 1.16 bits per heavy atom. The van der Waals surface area contributed by atoms with E-state index in [1.165, 1.54) is 24.3 Å². The van der Waals surface area contributed by atoms with Crippen LogP contribution in [0.4, 0.5) is 26.3 Å². The van der Waals surface area contributed by atoms with Gasteiger partial charge in [0.15, 0.2) is 0 Å². The summed E-state index contributed by atoms with van der Waals surface area (Å²) in [7, 11) is 0. The van der Waals surface area contributed by atoms with Crippen LogP contribution < -0.4 is 5.63 Å². The van der Waals surface area contributed by atoms with Gasteiger partial charge in [-0.1, -0.05) is 0 Å². The second-order valence-corrected chi connectivity index (χ2v) is 19.2. The third-order valence-corrected chi connectivity index (χ3v) is 17.8. The Kier molecular flexibility index (Phi) is 6.94. The molecule has 0 aliphatic heterocycles. The first kappa shape index (κ1) is 27.5. The molecule has 0 saturated carbocycles. The molecule has 0 spiro atoms. The number of allylic oxidation sites excluding steroid dienone is 8. The van der Waals surface area contributed by atoms with E-state index in [2.05, 4.69) is 0 Å². The van der Waals surface area contributed by atoms with Crippen molar-refractivity contribution in [1.82, 2.24) is 0 Å². The van der Waals surface area contributed by atoms with Gasteiger partial charge in [0.1, 0.15) is 0 Å². The minimum atomic E-state index is -4.84. The Bertz CT molecular complexity index is 1180. The summed E-state index contributed by atoms with van der Waals surface area (Å²) in [5, 5.41) is 0. The SMILES string of the molecule is CC1=C[C](C)([Zr]([O]c2ccc(C(F)(F)F)cc2)([O]c2ccc(C(F)(F)F)cc2)[C]2(C)C=CC(C)=C2)C=C1. The Labute approximate surface area is 217 Å². The van der Waals surface area contributed by atoms with Crippen molar-refractivity contribution in [3.05, 3.63) is 107 Å². The quantitative estimate of drug-likeness (QED) is 0.308. The summed E-state index contributed by atoms with van der Waals surface area (Å²) in [5.41, 5.74) is 0.299. The number of alkyl halides is 6. The molecule has 0 amide bonds. The summed E-state index contributed by atoms with van der Waals surface area (Å²) in [6, 6.07) is 8.86. The van der Waals surface area contributed by atoms with Gasteiger partial charge in [-0.05, 0) is 0 Å². The van der Waals surface area contributed by atoms with E-state index in [0.717, 1.165) is 35.4 Å². The number of halogens is 6. The number of benzene rings is 2. The summed E-state index contributed by atoms with van der Waals surface area (Å²) < 4.78 is 91.1. The number of rotatable bonds is 6. The fourth-order valence-corrected chi connectivity index (χ4v) is 15.9. The predicted molar refractivity (Wildman–Crippen MR) is 127 cm³/mol. The van der Waals surface area contributed by atoms with Gasteiger partial charge in [0.05, 0.1) is 0 Å². The fraction of sp³-hybridized carbons (Fsp3) is 0.286. The Balaban J connectivity index is 1.88. The van der Waals surface area contributed by atoms with Gasteiger partial charge in [0.25, 0.3) is 0 Å². The molecule has 0 heterocycles. The van der Waals surface area contributed by atoms with Crippen LogP contribution in [0.5, 0.6) is 11.5 Å². The first-order valence-electron chi connectivity index (χ1n) is 11.6. The molecule has 0 radical (unpaired) electrons. The van der Waals surface area contributed by atoms with E-state index >= 15 is 0 Å². The average molecular weight is 600 g/mol. The van der Waals surface area contributed by atoms with Crippen molar-refractivity contribution < 1.29 is 53.1 Å². The van der Waals surface area contributed by atoms with Crippen LogP contribution in [0.3, 0.4) is 0 Å². The Morgan fingerprint density at radius 1 is 0.595 bits per heavy atom. The van der Waals surface area contributed by atoms with Crippen molar-refractivity contribution in [3.63, 3.8) is 0 Å². The van der Waals surface area contributed by atoms with Crippen LogP contribution in [0.1, 0.15) is 38.8 Å². The first-order chi connectivity index (χ1) is 17.1. The van der Waals surface area contributed by atoms with Gasteiger partial charge in [-0.25, -0.2) is 0 Å². The van der Waals surface area contributed by atoms with Crippen LogP contribution in [0.25, 0.3) is 0 Å². The van der Waals surface area contributed by atoms with Crippen LogP contribution in [-0.4, -0.2) is 0 Å². The molecule has 37 heavy (non-hydrogen) atoms. The summed E-state index contributed by atoms with van der Waals surface area (Å²) in [6.45, 7) is 7.74. The molecule has 9 heteroatoms. The van der Waals surface area contributed by atoms with E-state index in [-0.39, 0.29) is 11.5 Å². The molecular weight excluding hydrogens is 574 g/mol. The van der Waals surface area contributed by atoms with Crippen LogP contribution >= 0.6 is 0 Å². The van der Waals surface area contributed by atoms with Gasteiger partial charge in [-0.3, -0.25) is 0 Å². The van der Waals surface area contributed by atoms with Crippen molar-refractivity contribution in [1.29, 1.82) is 0 Å². The molecule has 0 aromatic heterocycles. The normalized spacial score (nSPS) is 23.7. The van der Waals surface area contributed by atoms with Gasteiger partial charge < -0.3 is 0 Å². The molecule has 0 fully saturated rings. The van der Waals surface area contributed by atoms with Crippen molar-refractivity contribution in [2.75, 3.05) is 0 Å². The molecule has 2 atom stereocenters. The number of hydrogen-bond acceptors (Lipinski definition) is 2. The fourth-order valence-electron chi connectivity index (χ4n) is 4.95. The second-order valence-electron chi connectivity index (χ2n) is 9.87. The summed E-state index contributed by atoms with van der Waals surface area (Å²) in [6.07, 6.45) is 2.80. The van der Waals surface area contributed by atoms with Gasteiger partial charge in [-0.15, -0.1) is 0 Å². The van der Waals surface area contributed by atoms with Crippen molar-refractivity contribution >= 4 is 0 Å². The maximum absolute atomic E-state index is 13.2. The summed E-state index contributed by atoms with van der Waals surface area (Å²) >= 11 is -4.84. The third-order valence-electron chi connectivity index (χ3n) is 6.74. The van der Waals surface area contributed by atoms with Gasteiger partial charge in [0.2, 0.25) is 0 Å². The minimum absolute atomic E-state index is 0.205. The first-order valence-corrected chi connectivity index (χ1v) is 16.0. The van der Waals surface area contributed by atoms with E-state index in [1.54, 1.807) is 0 Å². The van der Waals surface area contributed by atoms with Gasteiger partial charge in [0, 0.05) is 0 Å². The molecule has 0 N–H and O–H groups in total. The maximum atomic E-state index is 13.2. The molecule has 2 aromatic carbocycles. The predicted octanol–water partition coefficient (Wildman–Crippen LogP) is 9.56.